The molecule has 1 aromatic heterocycles. The van der Waals surface area contributed by atoms with Crippen molar-refractivity contribution < 1.29 is 4.74 Å². The van der Waals surface area contributed by atoms with E-state index in [1.165, 1.54) is 23.1 Å². The van der Waals surface area contributed by atoms with E-state index in [0.29, 0.717) is 6.04 Å². The molecule has 5 nitrogen and oxygen atoms in total. The normalized spacial score (nSPS) is 19.8. The number of hydrogen-bond donors (Lipinski definition) is 1. The van der Waals surface area contributed by atoms with E-state index in [1.807, 2.05) is 0 Å². The first-order valence-corrected chi connectivity index (χ1v) is 8.60. The predicted molar refractivity (Wildman–Crippen MR) is 88.6 cm³/mol. The summed E-state index contributed by atoms with van der Waals surface area (Å²) in [6.45, 7) is 6.92. The fraction of sp³-hybridized carbons (Fsp3) is 0.556. The van der Waals surface area contributed by atoms with Crippen LogP contribution in [0.4, 0.5) is 0 Å². The molecule has 0 saturated carbocycles. The zero-order valence-corrected chi connectivity index (χ0v) is 13.9. The van der Waals surface area contributed by atoms with E-state index in [0.717, 1.165) is 56.4 Å². The molecule has 122 valence electrons. The van der Waals surface area contributed by atoms with Crippen molar-refractivity contribution in [2.24, 2.45) is 0 Å². The van der Waals surface area contributed by atoms with Gasteiger partial charge < -0.3 is 14.6 Å². The molecule has 2 aromatic rings. The second-order valence-corrected chi connectivity index (χ2v) is 6.71. The molecule has 0 fully saturated rings. The van der Waals surface area contributed by atoms with Crippen LogP contribution in [0.1, 0.15) is 53.6 Å². The van der Waals surface area contributed by atoms with Crippen molar-refractivity contribution in [3.8, 4) is 5.75 Å². The van der Waals surface area contributed by atoms with Gasteiger partial charge in [0.2, 0.25) is 0 Å². The molecule has 0 radical (unpaired) electrons. The van der Waals surface area contributed by atoms with Gasteiger partial charge >= 0.3 is 0 Å². The summed E-state index contributed by atoms with van der Waals surface area (Å²) in [5.41, 5.74) is 3.82. The average Bonchev–Trinajstić information content (AvgIpc) is 3.06. The molecular formula is C18H24N4O. The number of aromatic nitrogens is 3. The van der Waals surface area contributed by atoms with Crippen LogP contribution in [0.3, 0.4) is 0 Å². The van der Waals surface area contributed by atoms with Gasteiger partial charge in [0.05, 0.1) is 13.2 Å². The standard InChI is InChI=1S/C18H24N4O/c1-12-9-13(2)18-14(10-12)15(5-4-8-23-18)19-11-17-21-20-16-6-3-7-22(16)17/h9-10,15,19H,3-8,11H2,1-2H3/t15-/m1/s1. The minimum atomic E-state index is 0.320. The molecule has 0 unspecified atom stereocenters. The highest BCUT2D eigenvalue weighted by Crippen LogP contribution is 2.35. The van der Waals surface area contributed by atoms with Crippen LogP contribution in [0.15, 0.2) is 12.1 Å². The van der Waals surface area contributed by atoms with Gasteiger partial charge in [-0.2, -0.15) is 0 Å². The van der Waals surface area contributed by atoms with Crippen molar-refractivity contribution in [2.45, 2.75) is 58.7 Å². The average molecular weight is 312 g/mol. The van der Waals surface area contributed by atoms with Gasteiger partial charge in [-0.3, -0.25) is 0 Å². The van der Waals surface area contributed by atoms with Gasteiger partial charge in [0.15, 0.2) is 0 Å². The van der Waals surface area contributed by atoms with Crippen LogP contribution in [0.2, 0.25) is 0 Å². The fourth-order valence-corrected chi connectivity index (χ4v) is 3.83. The fourth-order valence-electron chi connectivity index (χ4n) is 3.83. The first-order valence-electron chi connectivity index (χ1n) is 8.60. The molecule has 5 heteroatoms. The van der Waals surface area contributed by atoms with Crippen LogP contribution >= 0.6 is 0 Å². The van der Waals surface area contributed by atoms with E-state index in [4.69, 9.17) is 4.74 Å². The number of aryl methyl sites for hydroxylation is 3. The van der Waals surface area contributed by atoms with Crippen molar-refractivity contribution >= 4 is 0 Å². The molecule has 4 rings (SSSR count). The van der Waals surface area contributed by atoms with Crippen molar-refractivity contribution in [3.63, 3.8) is 0 Å². The lowest BCUT2D eigenvalue weighted by Gasteiger charge is -2.20. The maximum absolute atomic E-state index is 6.00. The summed E-state index contributed by atoms with van der Waals surface area (Å²) >= 11 is 0. The third-order valence-corrected chi connectivity index (χ3v) is 4.90. The summed E-state index contributed by atoms with van der Waals surface area (Å²) in [6.07, 6.45) is 4.42. The van der Waals surface area contributed by atoms with Gasteiger partial charge in [0.1, 0.15) is 17.4 Å². The second kappa shape index (κ2) is 5.96. The zero-order chi connectivity index (χ0) is 15.8. The Morgan fingerprint density at radius 2 is 2.17 bits per heavy atom. The van der Waals surface area contributed by atoms with Crippen molar-refractivity contribution in [1.82, 2.24) is 20.1 Å². The summed E-state index contributed by atoms with van der Waals surface area (Å²) in [4.78, 5) is 0. The lowest BCUT2D eigenvalue weighted by atomic mass is 9.97. The Bertz CT molecular complexity index is 722. The van der Waals surface area contributed by atoms with Crippen LogP contribution < -0.4 is 10.1 Å². The zero-order valence-electron chi connectivity index (χ0n) is 13.9. The van der Waals surface area contributed by atoms with E-state index < -0.39 is 0 Å². The minimum absolute atomic E-state index is 0.320. The van der Waals surface area contributed by atoms with Crippen molar-refractivity contribution in [3.05, 3.63) is 40.5 Å². The van der Waals surface area contributed by atoms with Gasteiger partial charge in [0.25, 0.3) is 0 Å². The van der Waals surface area contributed by atoms with E-state index >= 15 is 0 Å². The third-order valence-electron chi connectivity index (χ3n) is 4.90. The SMILES string of the molecule is Cc1cc(C)c2c(c1)[C@H](NCc1nnc3n1CCC3)CCCO2. The lowest BCUT2D eigenvalue weighted by Crippen LogP contribution is -2.23. The summed E-state index contributed by atoms with van der Waals surface area (Å²) in [5.74, 6) is 3.27. The van der Waals surface area contributed by atoms with E-state index in [1.54, 1.807) is 0 Å². The largest absolute Gasteiger partial charge is 0.493 e. The van der Waals surface area contributed by atoms with Crippen molar-refractivity contribution in [2.75, 3.05) is 6.61 Å². The van der Waals surface area contributed by atoms with Gasteiger partial charge in [-0.25, -0.2) is 0 Å². The van der Waals surface area contributed by atoms with Crippen LogP contribution in [0.25, 0.3) is 0 Å². The molecule has 2 aliphatic heterocycles. The molecule has 23 heavy (non-hydrogen) atoms. The smallest absolute Gasteiger partial charge is 0.147 e. The van der Waals surface area contributed by atoms with Gasteiger partial charge in [-0.15, -0.1) is 10.2 Å². The van der Waals surface area contributed by atoms with E-state index in [9.17, 15) is 0 Å². The number of rotatable bonds is 3. The molecule has 0 saturated heterocycles. The van der Waals surface area contributed by atoms with E-state index in [2.05, 4.69) is 46.1 Å². The molecule has 0 aliphatic carbocycles. The molecule has 0 amide bonds. The quantitative estimate of drug-likeness (QED) is 0.947. The van der Waals surface area contributed by atoms with Crippen LogP contribution in [-0.2, 0) is 19.5 Å². The Kier molecular flexibility index (Phi) is 3.81. The number of fused-ring (bicyclic) bond motifs is 2. The number of ether oxygens (including phenoxy) is 1. The maximum Gasteiger partial charge on any atom is 0.147 e. The van der Waals surface area contributed by atoms with Gasteiger partial charge in [0, 0.05) is 24.6 Å². The summed E-state index contributed by atoms with van der Waals surface area (Å²) in [7, 11) is 0. The Labute approximate surface area is 137 Å². The Morgan fingerprint density at radius 3 is 3.09 bits per heavy atom. The summed E-state index contributed by atoms with van der Waals surface area (Å²) in [5, 5.41) is 12.4. The highest BCUT2D eigenvalue weighted by molar-refractivity contribution is 5.46. The van der Waals surface area contributed by atoms with Crippen LogP contribution in [-0.4, -0.2) is 21.4 Å². The van der Waals surface area contributed by atoms with Gasteiger partial charge in [-0.1, -0.05) is 17.7 Å². The number of nitrogens with zero attached hydrogens (tertiary/aromatic N) is 3. The number of hydrogen-bond acceptors (Lipinski definition) is 4. The monoisotopic (exact) mass is 312 g/mol. The first-order chi connectivity index (χ1) is 11.2. The number of benzene rings is 1. The van der Waals surface area contributed by atoms with Crippen LogP contribution in [0, 0.1) is 13.8 Å². The summed E-state index contributed by atoms with van der Waals surface area (Å²) < 4.78 is 8.27. The molecule has 0 spiro atoms. The maximum atomic E-state index is 6.00. The molecule has 1 aromatic carbocycles. The third kappa shape index (κ3) is 2.74. The molecule has 2 aliphatic rings. The van der Waals surface area contributed by atoms with Crippen molar-refractivity contribution in [1.29, 1.82) is 0 Å². The highest BCUT2D eigenvalue weighted by Gasteiger charge is 2.23. The first kappa shape index (κ1) is 14.7. The minimum Gasteiger partial charge on any atom is -0.493 e. The topological polar surface area (TPSA) is 52.0 Å². The Morgan fingerprint density at radius 1 is 1.26 bits per heavy atom. The molecule has 1 N–H and O–H groups in total. The lowest BCUT2D eigenvalue weighted by molar-refractivity contribution is 0.313. The number of nitrogens with one attached hydrogen (secondary N) is 1. The molecule has 3 heterocycles. The molecule has 0 bridgehead atoms. The van der Waals surface area contributed by atoms with Crippen LogP contribution in [0.5, 0.6) is 5.75 Å². The Hall–Kier alpha value is -1.88. The van der Waals surface area contributed by atoms with Gasteiger partial charge in [-0.05, 0) is 38.7 Å². The molecule has 1 atom stereocenters. The summed E-state index contributed by atoms with van der Waals surface area (Å²) in [6, 6.07) is 4.78. The predicted octanol–water partition coefficient (Wildman–Crippen LogP) is 2.84. The highest BCUT2D eigenvalue weighted by atomic mass is 16.5. The second-order valence-electron chi connectivity index (χ2n) is 6.71. The Balaban J connectivity index is 1.57. The molecular weight excluding hydrogens is 288 g/mol. The van der Waals surface area contributed by atoms with E-state index in [-0.39, 0.29) is 0 Å².